The van der Waals surface area contributed by atoms with Crippen molar-refractivity contribution >= 4 is 50.2 Å². The summed E-state index contributed by atoms with van der Waals surface area (Å²) in [7, 11) is -2.16. The van der Waals surface area contributed by atoms with Crippen LogP contribution in [0.5, 0.6) is 0 Å². The number of halogens is 2. The molecule has 0 amide bonds. The molecule has 4 nitrogen and oxygen atoms in total. The standard InChI is InChI=1S/C9H10Cl2N2O2S2/c1-12-9(16-2)13-17(14,15)6-3-4-7(10)8(11)5-6/h3-5H,1-2H3,(H,12,13). The summed E-state index contributed by atoms with van der Waals surface area (Å²) < 4.78 is 26.2. The van der Waals surface area contributed by atoms with E-state index in [0.29, 0.717) is 10.2 Å². The Balaban J connectivity index is 3.09. The van der Waals surface area contributed by atoms with Gasteiger partial charge in [-0.15, -0.1) is 0 Å². The number of hydrogen-bond donors (Lipinski definition) is 1. The largest absolute Gasteiger partial charge is 0.265 e. The van der Waals surface area contributed by atoms with Crippen LogP contribution in [0.3, 0.4) is 0 Å². The third-order valence-corrected chi connectivity index (χ3v) is 4.70. The van der Waals surface area contributed by atoms with Crippen molar-refractivity contribution in [3.63, 3.8) is 0 Å². The molecule has 0 unspecified atom stereocenters. The number of nitrogens with one attached hydrogen (secondary N) is 1. The first-order valence-corrected chi connectivity index (χ1v) is 7.85. The van der Waals surface area contributed by atoms with Crippen molar-refractivity contribution in [2.24, 2.45) is 4.99 Å². The van der Waals surface area contributed by atoms with Crippen LogP contribution < -0.4 is 4.72 Å². The lowest BCUT2D eigenvalue weighted by molar-refractivity contribution is 0.593. The van der Waals surface area contributed by atoms with Crippen LogP contribution in [0.4, 0.5) is 0 Å². The van der Waals surface area contributed by atoms with E-state index in [1.165, 1.54) is 37.0 Å². The van der Waals surface area contributed by atoms with Gasteiger partial charge in [-0.2, -0.15) is 0 Å². The molecule has 1 aromatic carbocycles. The predicted octanol–water partition coefficient (Wildman–Crippen LogP) is 2.62. The number of amidine groups is 1. The van der Waals surface area contributed by atoms with Crippen molar-refractivity contribution in [1.82, 2.24) is 4.72 Å². The molecule has 1 rings (SSSR count). The maximum atomic E-state index is 11.9. The summed E-state index contributed by atoms with van der Waals surface area (Å²) >= 11 is 12.7. The summed E-state index contributed by atoms with van der Waals surface area (Å²) in [6, 6.07) is 4.10. The maximum Gasteiger partial charge on any atom is 0.263 e. The molecule has 0 aromatic heterocycles. The minimum absolute atomic E-state index is 0.0436. The lowest BCUT2D eigenvalue weighted by Crippen LogP contribution is -2.28. The van der Waals surface area contributed by atoms with Crippen molar-refractivity contribution in [1.29, 1.82) is 0 Å². The minimum atomic E-state index is -3.67. The zero-order chi connectivity index (χ0) is 13.1. The van der Waals surface area contributed by atoms with Crippen LogP contribution in [0.2, 0.25) is 10.0 Å². The maximum absolute atomic E-state index is 11.9. The number of aliphatic imine (C=N–C) groups is 1. The number of nitrogens with zero attached hydrogens (tertiary/aromatic N) is 1. The molecular formula is C9H10Cl2N2O2S2. The molecule has 0 saturated heterocycles. The third kappa shape index (κ3) is 3.77. The molecule has 0 atom stereocenters. The molecule has 0 spiro atoms. The van der Waals surface area contributed by atoms with Gasteiger partial charge in [-0.3, -0.25) is 9.71 Å². The van der Waals surface area contributed by atoms with Crippen molar-refractivity contribution in [2.75, 3.05) is 13.3 Å². The SMILES string of the molecule is CN=C(NS(=O)(=O)c1ccc(Cl)c(Cl)c1)SC. The van der Waals surface area contributed by atoms with Crippen LogP contribution in [0.1, 0.15) is 0 Å². The van der Waals surface area contributed by atoms with Gasteiger partial charge in [0.1, 0.15) is 0 Å². The molecule has 0 heterocycles. The van der Waals surface area contributed by atoms with Gasteiger partial charge in [-0.1, -0.05) is 35.0 Å². The van der Waals surface area contributed by atoms with Crippen LogP contribution in [0.25, 0.3) is 0 Å². The van der Waals surface area contributed by atoms with E-state index in [0.717, 1.165) is 0 Å². The molecule has 1 N–H and O–H groups in total. The van der Waals surface area contributed by atoms with Gasteiger partial charge in [0.05, 0.1) is 14.9 Å². The zero-order valence-electron chi connectivity index (χ0n) is 9.07. The van der Waals surface area contributed by atoms with Crippen LogP contribution >= 0.6 is 35.0 Å². The Morgan fingerprint density at radius 2 is 2.00 bits per heavy atom. The first-order valence-electron chi connectivity index (χ1n) is 4.39. The fourth-order valence-corrected chi connectivity index (χ4v) is 3.16. The van der Waals surface area contributed by atoms with Gasteiger partial charge in [0.25, 0.3) is 10.0 Å². The molecule has 1 aromatic rings. The van der Waals surface area contributed by atoms with Crippen molar-refractivity contribution in [3.05, 3.63) is 28.2 Å². The minimum Gasteiger partial charge on any atom is -0.265 e. The van der Waals surface area contributed by atoms with Gasteiger partial charge < -0.3 is 0 Å². The van der Waals surface area contributed by atoms with Crippen LogP contribution in [0, 0.1) is 0 Å². The van der Waals surface area contributed by atoms with Gasteiger partial charge in [-0.05, 0) is 24.5 Å². The molecule has 0 fully saturated rings. The highest BCUT2D eigenvalue weighted by Gasteiger charge is 2.16. The highest BCUT2D eigenvalue weighted by Crippen LogP contribution is 2.24. The Morgan fingerprint density at radius 1 is 1.35 bits per heavy atom. The normalized spacial score (nSPS) is 12.6. The molecule has 0 radical (unpaired) electrons. The fourth-order valence-electron chi connectivity index (χ4n) is 0.996. The summed E-state index contributed by atoms with van der Waals surface area (Å²) in [4.78, 5) is 3.83. The average molecular weight is 313 g/mol. The predicted molar refractivity (Wildman–Crippen MR) is 73.7 cm³/mol. The topological polar surface area (TPSA) is 58.5 Å². The van der Waals surface area contributed by atoms with Gasteiger partial charge in [-0.25, -0.2) is 8.42 Å². The second-order valence-corrected chi connectivity index (χ2v) is 6.21. The Morgan fingerprint density at radius 3 is 2.47 bits per heavy atom. The monoisotopic (exact) mass is 312 g/mol. The molecule has 8 heteroatoms. The number of hydrogen-bond acceptors (Lipinski definition) is 4. The fraction of sp³-hybridized carbons (Fsp3) is 0.222. The summed E-state index contributed by atoms with van der Waals surface area (Å²) in [6.07, 6.45) is 1.72. The van der Waals surface area contributed by atoms with E-state index >= 15 is 0 Å². The van der Waals surface area contributed by atoms with Crippen molar-refractivity contribution in [2.45, 2.75) is 4.90 Å². The van der Waals surface area contributed by atoms with Gasteiger partial charge in [0.15, 0.2) is 5.17 Å². The van der Waals surface area contributed by atoms with Crippen molar-refractivity contribution in [3.8, 4) is 0 Å². The lowest BCUT2D eigenvalue weighted by Gasteiger charge is -2.08. The van der Waals surface area contributed by atoms with E-state index in [-0.39, 0.29) is 9.92 Å². The third-order valence-electron chi connectivity index (χ3n) is 1.82. The second kappa shape index (κ2) is 5.95. The van der Waals surface area contributed by atoms with Gasteiger partial charge >= 0.3 is 0 Å². The number of benzene rings is 1. The van der Waals surface area contributed by atoms with Crippen LogP contribution in [-0.4, -0.2) is 26.9 Å². The Labute approximate surface area is 114 Å². The lowest BCUT2D eigenvalue weighted by atomic mass is 10.4. The molecule has 0 saturated carbocycles. The Hall–Kier alpha value is -0.430. The Bertz CT molecular complexity index is 544. The molecule has 17 heavy (non-hydrogen) atoms. The average Bonchev–Trinajstić information content (AvgIpc) is 2.29. The molecule has 0 aliphatic carbocycles. The molecule has 94 valence electrons. The quantitative estimate of drug-likeness (QED) is 0.674. The van der Waals surface area contributed by atoms with Crippen molar-refractivity contribution < 1.29 is 8.42 Å². The smallest absolute Gasteiger partial charge is 0.263 e. The van der Waals surface area contributed by atoms with Crippen LogP contribution in [0.15, 0.2) is 28.1 Å². The first-order chi connectivity index (χ1) is 7.90. The summed E-state index contributed by atoms with van der Waals surface area (Å²) in [5, 5.41) is 0.796. The number of sulfonamides is 1. The second-order valence-electron chi connectivity index (χ2n) is 2.91. The summed E-state index contributed by atoms with van der Waals surface area (Å²) in [6.45, 7) is 0. The van der Waals surface area contributed by atoms with E-state index in [1.54, 1.807) is 6.26 Å². The van der Waals surface area contributed by atoms with Gasteiger partial charge in [0.2, 0.25) is 0 Å². The van der Waals surface area contributed by atoms with Gasteiger partial charge in [0, 0.05) is 7.05 Å². The van der Waals surface area contributed by atoms with E-state index in [9.17, 15) is 8.42 Å². The first kappa shape index (κ1) is 14.6. The molecule has 0 bridgehead atoms. The van der Waals surface area contributed by atoms with E-state index in [4.69, 9.17) is 23.2 Å². The highest BCUT2D eigenvalue weighted by molar-refractivity contribution is 8.14. The number of rotatable bonds is 2. The van der Waals surface area contributed by atoms with E-state index in [1.807, 2.05) is 0 Å². The zero-order valence-corrected chi connectivity index (χ0v) is 12.2. The van der Waals surface area contributed by atoms with E-state index < -0.39 is 10.0 Å². The summed E-state index contributed by atoms with van der Waals surface area (Å²) in [5.41, 5.74) is 0. The summed E-state index contributed by atoms with van der Waals surface area (Å²) in [5.74, 6) is 0. The van der Waals surface area contributed by atoms with E-state index in [2.05, 4.69) is 9.71 Å². The molecular weight excluding hydrogens is 303 g/mol. The highest BCUT2D eigenvalue weighted by atomic mass is 35.5. The van der Waals surface area contributed by atoms with Crippen LogP contribution in [-0.2, 0) is 10.0 Å². The molecule has 0 aliphatic rings. The molecule has 0 aliphatic heterocycles. The Kier molecular flexibility index (Phi) is 5.12. The number of thioether (sulfide) groups is 1.